The summed E-state index contributed by atoms with van der Waals surface area (Å²) in [5.74, 6) is -3.07. The van der Waals surface area contributed by atoms with Gasteiger partial charge >= 0.3 is 12.4 Å². The summed E-state index contributed by atoms with van der Waals surface area (Å²) >= 11 is 0. The van der Waals surface area contributed by atoms with Crippen LogP contribution in [-0.2, 0) is 57.5 Å². The van der Waals surface area contributed by atoms with E-state index in [4.69, 9.17) is 17.2 Å². The summed E-state index contributed by atoms with van der Waals surface area (Å²) in [7, 11) is 1.18. The van der Waals surface area contributed by atoms with Crippen LogP contribution in [0.3, 0.4) is 0 Å². The molecule has 1 aliphatic rings. The Hall–Kier alpha value is -5.85. The van der Waals surface area contributed by atoms with E-state index in [1.165, 1.54) is 19.2 Å². The molecule has 58 heavy (non-hydrogen) atoms. The average molecular weight is 821 g/mol. The van der Waals surface area contributed by atoms with Crippen LogP contribution in [0.15, 0.2) is 59.6 Å². The zero-order valence-electron chi connectivity index (χ0n) is 32.0. The van der Waals surface area contributed by atoms with Crippen molar-refractivity contribution in [2.75, 3.05) is 20.1 Å². The molecule has 314 valence electrons. The van der Waals surface area contributed by atoms with Crippen molar-refractivity contribution in [2.45, 2.75) is 83.1 Å². The number of phenolic OH excluding ortho intramolecular Hbond substituents is 1. The zero-order chi connectivity index (χ0) is 43.1. The number of aromatic hydroxyl groups is 1. The normalized spacial score (nSPS) is 15.4. The lowest BCUT2D eigenvalue weighted by molar-refractivity contribution is -0.143. The average Bonchev–Trinajstić information content (AvgIpc) is 3.25. The van der Waals surface area contributed by atoms with E-state index in [0.29, 0.717) is 34.4 Å². The topological polar surface area (TPSA) is 209 Å². The first kappa shape index (κ1) is 44.9. The van der Waals surface area contributed by atoms with Gasteiger partial charge in [-0.25, -0.2) is 0 Å². The van der Waals surface area contributed by atoms with Crippen molar-refractivity contribution in [1.82, 2.24) is 20.4 Å². The minimum atomic E-state index is -5.09. The quantitative estimate of drug-likeness (QED) is 0.0615. The predicted octanol–water partition coefficient (Wildman–Crippen LogP) is 3.18. The van der Waals surface area contributed by atoms with E-state index in [0.717, 1.165) is 15.4 Å². The number of hydrogen-bond acceptors (Lipinski definition) is 7. The Bertz CT molecular complexity index is 1980. The van der Waals surface area contributed by atoms with Gasteiger partial charge in [-0.2, -0.15) is 26.3 Å². The lowest BCUT2D eigenvalue weighted by atomic mass is 9.95. The summed E-state index contributed by atoms with van der Waals surface area (Å²) in [6.45, 7) is 2.24. The lowest BCUT2D eigenvalue weighted by Crippen LogP contribution is -2.57. The van der Waals surface area contributed by atoms with Gasteiger partial charge in [0.2, 0.25) is 23.6 Å². The van der Waals surface area contributed by atoms with E-state index < -0.39 is 83.9 Å². The Kier molecular flexibility index (Phi) is 14.4. The van der Waals surface area contributed by atoms with Crippen LogP contribution in [0, 0.1) is 13.8 Å². The van der Waals surface area contributed by atoms with Gasteiger partial charge in [-0.15, -0.1) is 0 Å². The first-order chi connectivity index (χ1) is 27.0. The van der Waals surface area contributed by atoms with Crippen LogP contribution in [0.4, 0.5) is 26.3 Å². The predicted molar refractivity (Wildman–Crippen MR) is 202 cm³/mol. The maximum atomic E-state index is 14.1. The Morgan fingerprint density at radius 3 is 2.10 bits per heavy atom. The van der Waals surface area contributed by atoms with Crippen molar-refractivity contribution >= 4 is 29.6 Å². The molecule has 9 N–H and O–H groups in total. The zero-order valence-corrected chi connectivity index (χ0v) is 32.0. The highest BCUT2D eigenvalue weighted by molar-refractivity contribution is 5.94. The molecule has 1 aliphatic heterocycles. The second-order valence-electron chi connectivity index (χ2n) is 14.3. The molecule has 3 atom stereocenters. The highest BCUT2D eigenvalue weighted by Gasteiger charge is 2.38. The van der Waals surface area contributed by atoms with Gasteiger partial charge in [0.25, 0.3) is 0 Å². The molecule has 0 saturated carbocycles. The minimum Gasteiger partial charge on any atom is -0.508 e. The van der Waals surface area contributed by atoms with E-state index in [1.807, 2.05) is 0 Å². The van der Waals surface area contributed by atoms with E-state index >= 15 is 0 Å². The summed E-state index contributed by atoms with van der Waals surface area (Å²) in [5, 5.41) is 15.3. The number of halogens is 6. The number of benzene rings is 3. The molecule has 0 aliphatic carbocycles. The molecule has 4 amide bonds. The number of nitrogens with two attached hydrogens (primary N) is 3. The third-order valence-electron chi connectivity index (χ3n) is 9.67. The smallest absolute Gasteiger partial charge is 0.416 e. The first-order valence-electron chi connectivity index (χ1n) is 18.1. The number of fused-ring (bicyclic) bond motifs is 1. The van der Waals surface area contributed by atoms with Gasteiger partial charge < -0.3 is 42.7 Å². The highest BCUT2D eigenvalue weighted by atomic mass is 19.4. The summed E-state index contributed by atoms with van der Waals surface area (Å²) in [6.07, 6.45) is -9.86. The van der Waals surface area contributed by atoms with E-state index in [-0.39, 0.29) is 56.5 Å². The molecular formula is C39H46F6N8O5. The molecule has 3 aromatic carbocycles. The molecule has 0 bridgehead atoms. The van der Waals surface area contributed by atoms with Gasteiger partial charge in [-0.1, -0.05) is 24.3 Å². The molecule has 1 heterocycles. The standard InChI is InChI=1S/C39H46F6N8O5/c1-21-11-28(54)12-22(2)29(21)17-30(46)34(56)50-31(9-6-10-49-37(47)48)35(57)51-32-15-24-7-4-5-8-25(24)19-53(36(32)58)20-33(55)52(3)18-23-13-26(38(40,41)42)16-27(14-23)39(43,44)45/h4-5,7-8,11-14,16,30-32,54H,6,9-10,15,17-20,46H2,1-3H3,(H,50,56)(H,51,57)(H4,47,48,49)/t30-,31?,32-/m0/s1. The van der Waals surface area contributed by atoms with Crippen molar-refractivity contribution in [1.29, 1.82) is 0 Å². The number of nitrogens with one attached hydrogen (secondary N) is 2. The number of aliphatic imine (C=N–C) groups is 1. The molecule has 13 nitrogen and oxygen atoms in total. The van der Waals surface area contributed by atoms with Crippen LogP contribution in [0.1, 0.15) is 57.3 Å². The highest BCUT2D eigenvalue weighted by Crippen LogP contribution is 2.36. The number of hydrogen-bond donors (Lipinski definition) is 6. The molecule has 0 fully saturated rings. The molecular weight excluding hydrogens is 774 g/mol. The molecule has 3 aromatic rings. The van der Waals surface area contributed by atoms with Crippen molar-refractivity contribution in [3.63, 3.8) is 0 Å². The van der Waals surface area contributed by atoms with Crippen molar-refractivity contribution in [3.8, 4) is 5.75 Å². The fourth-order valence-corrected chi connectivity index (χ4v) is 6.65. The van der Waals surface area contributed by atoms with Crippen LogP contribution < -0.4 is 27.8 Å². The van der Waals surface area contributed by atoms with Crippen molar-refractivity contribution in [3.05, 3.63) is 99.1 Å². The third-order valence-corrected chi connectivity index (χ3v) is 9.67. The third kappa shape index (κ3) is 12.1. The minimum absolute atomic E-state index is 0.0130. The van der Waals surface area contributed by atoms with Gasteiger partial charge in [0.15, 0.2) is 5.96 Å². The van der Waals surface area contributed by atoms with Crippen molar-refractivity contribution in [2.24, 2.45) is 22.2 Å². The molecule has 0 saturated heterocycles. The summed E-state index contributed by atoms with van der Waals surface area (Å²) in [5.41, 5.74) is 17.1. The van der Waals surface area contributed by atoms with Crippen LogP contribution in [0.5, 0.6) is 5.75 Å². The summed E-state index contributed by atoms with van der Waals surface area (Å²) in [4.78, 5) is 60.8. The SMILES string of the molecule is Cc1cc(O)cc(C)c1C[C@H](N)C(=O)NC(CCCN=C(N)N)C(=O)N[C@H]1Cc2ccccc2CN(CC(=O)N(C)Cc2cc(C(F)(F)F)cc(C(F)(F)F)c2)C1=O. The summed E-state index contributed by atoms with van der Waals surface area (Å²) in [6, 6.07) is 7.35. The fourth-order valence-electron chi connectivity index (χ4n) is 6.65. The maximum absolute atomic E-state index is 14.1. The van der Waals surface area contributed by atoms with E-state index in [2.05, 4.69) is 15.6 Å². The monoisotopic (exact) mass is 820 g/mol. The van der Waals surface area contributed by atoms with Crippen LogP contribution in [-0.4, -0.2) is 82.8 Å². The number of guanidine groups is 1. The number of alkyl halides is 6. The van der Waals surface area contributed by atoms with Crippen molar-refractivity contribution < 1.29 is 50.6 Å². The Morgan fingerprint density at radius 2 is 1.53 bits per heavy atom. The number of rotatable bonds is 14. The van der Waals surface area contributed by atoms with Crippen LogP contribution >= 0.6 is 0 Å². The van der Waals surface area contributed by atoms with E-state index in [1.54, 1.807) is 38.1 Å². The van der Waals surface area contributed by atoms with Gasteiger partial charge in [-0.05, 0) is 96.8 Å². The fraction of sp³-hybridized carbons (Fsp3) is 0.410. The molecule has 0 radical (unpaired) electrons. The second kappa shape index (κ2) is 18.6. The number of likely N-dealkylation sites (N-methyl/N-ethyl adjacent to an activating group) is 1. The molecule has 1 unspecified atom stereocenters. The van der Waals surface area contributed by atoms with Gasteiger partial charge in [-0.3, -0.25) is 24.2 Å². The number of phenols is 1. The Morgan fingerprint density at radius 1 is 0.948 bits per heavy atom. The van der Waals surface area contributed by atoms with Crippen LogP contribution in [0.25, 0.3) is 0 Å². The largest absolute Gasteiger partial charge is 0.508 e. The number of carbonyl (C=O) groups excluding carboxylic acids is 4. The van der Waals surface area contributed by atoms with Gasteiger partial charge in [0.1, 0.15) is 24.4 Å². The van der Waals surface area contributed by atoms with Crippen LogP contribution in [0.2, 0.25) is 0 Å². The number of nitrogens with zero attached hydrogens (tertiary/aromatic N) is 3. The lowest BCUT2D eigenvalue weighted by Gasteiger charge is -2.28. The van der Waals surface area contributed by atoms with Gasteiger partial charge in [0.05, 0.1) is 17.2 Å². The Balaban J connectivity index is 1.54. The first-order valence-corrected chi connectivity index (χ1v) is 18.1. The number of aryl methyl sites for hydroxylation is 2. The van der Waals surface area contributed by atoms with E-state index in [9.17, 15) is 50.6 Å². The Labute approximate surface area is 330 Å². The number of amides is 4. The maximum Gasteiger partial charge on any atom is 0.416 e. The second-order valence-corrected chi connectivity index (χ2v) is 14.3. The number of carbonyl (C=O) groups is 4. The molecule has 4 rings (SSSR count). The summed E-state index contributed by atoms with van der Waals surface area (Å²) < 4.78 is 80.8. The molecule has 0 aromatic heterocycles. The molecule has 19 heteroatoms. The molecule has 0 spiro atoms. The van der Waals surface area contributed by atoms with Gasteiger partial charge in [0, 0.05) is 33.1 Å².